The summed E-state index contributed by atoms with van der Waals surface area (Å²) in [6, 6.07) is 8.19. The first-order valence-electron chi connectivity index (χ1n) is 14.5. The smallest absolute Gasteiger partial charge is 0.394 e. The Morgan fingerprint density at radius 1 is 0.592 bits per heavy atom. The molecule has 0 unspecified atom stereocenters. The first kappa shape index (κ1) is 35.7. The van der Waals surface area contributed by atoms with Crippen LogP contribution in [0, 0.1) is 20.2 Å². The molecule has 2 heterocycles. The molecule has 0 aromatic heterocycles. The van der Waals surface area contributed by atoms with Crippen LogP contribution in [0.2, 0.25) is 0 Å². The van der Waals surface area contributed by atoms with Crippen molar-refractivity contribution in [3.8, 4) is 0 Å². The zero-order valence-corrected chi connectivity index (χ0v) is 26.3. The van der Waals surface area contributed by atoms with E-state index in [0.717, 1.165) is 21.6 Å². The van der Waals surface area contributed by atoms with Crippen LogP contribution in [0.4, 0.5) is 11.4 Å². The monoisotopic (exact) mass is 696 g/mol. The van der Waals surface area contributed by atoms with Gasteiger partial charge in [-0.05, 0) is 35.4 Å². The number of nitro groups is 2. The Bertz CT molecular complexity index is 1650. The van der Waals surface area contributed by atoms with E-state index in [9.17, 15) is 49.0 Å². The molecule has 2 saturated heterocycles. The summed E-state index contributed by atoms with van der Waals surface area (Å²) in [7, 11) is 0. The van der Waals surface area contributed by atoms with Crippen LogP contribution in [0.5, 0.6) is 0 Å². The molecule has 2 aromatic rings. The Balaban J connectivity index is 1.42. The lowest BCUT2D eigenvalue weighted by atomic mass is 10.1. The number of benzene rings is 2. The number of hydrogen-bond acceptors (Lipinski definition) is 11. The molecule has 49 heavy (non-hydrogen) atoms. The Morgan fingerprint density at radius 3 is 1.22 bits per heavy atom. The summed E-state index contributed by atoms with van der Waals surface area (Å²) in [6.45, 7) is 0.615. The van der Waals surface area contributed by atoms with Gasteiger partial charge in [-0.2, -0.15) is 0 Å². The minimum Gasteiger partial charge on any atom is -0.474 e. The number of nitro benzene ring substituents is 2. The Labute approximate surface area is 281 Å². The van der Waals surface area contributed by atoms with Crippen molar-refractivity contribution in [1.29, 1.82) is 0 Å². The van der Waals surface area contributed by atoms with E-state index in [1.165, 1.54) is 70.5 Å². The van der Waals surface area contributed by atoms with E-state index in [1.54, 1.807) is 0 Å². The maximum Gasteiger partial charge on any atom is 0.394 e. The van der Waals surface area contributed by atoms with Gasteiger partial charge in [0.2, 0.25) is 11.8 Å². The molecule has 256 valence electrons. The molecule has 2 aliphatic heterocycles. The van der Waals surface area contributed by atoms with Gasteiger partial charge < -0.3 is 29.8 Å². The van der Waals surface area contributed by atoms with Gasteiger partial charge in [-0.15, -0.1) is 0 Å². The maximum atomic E-state index is 12.6. The van der Waals surface area contributed by atoms with Crippen LogP contribution in [-0.2, 0) is 28.8 Å². The second kappa shape index (κ2) is 15.7. The number of carboxylic acid groups (broad SMARTS) is 2. The molecule has 19 heteroatoms. The Hall–Kier alpha value is -6.11. The van der Waals surface area contributed by atoms with Crippen molar-refractivity contribution in [2.75, 3.05) is 52.4 Å². The first-order valence-corrected chi connectivity index (χ1v) is 15.3. The van der Waals surface area contributed by atoms with Crippen LogP contribution in [0.1, 0.15) is 11.1 Å². The summed E-state index contributed by atoms with van der Waals surface area (Å²) < 4.78 is 0. The van der Waals surface area contributed by atoms with Gasteiger partial charge in [0, 0.05) is 76.6 Å². The van der Waals surface area contributed by atoms with E-state index < -0.39 is 45.4 Å². The number of amides is 4. The molecule has 0 atom stereocenters. The van der Waals surface area contributed by atoms with Crippen molar-refractivity contribution in [3.63, 3.8) is 0 Å². The van der Waals surface area contributed by atoms with Gasteiger partial charge in [-0.25, -0.2) is 9.59 Å². The van der Waals surface area contributed by atoms with Gasteiger partial charge >= 0.3 is 23.8 Å². The molecule has 0 bridgehead atoms. The quantitative estimate of drug-likeness (QED) is 0.171. The van der Waals surface area contributed by atoms with Crippen molar-refractivity contribution < 1.29 is 48.8 Å². The molecule has 0 spiro atoms. The molecule has 0 saturated carbocycles. The highest BCUT2D eigenvalue weighted by molar-refractivity contribution is 7.99. The first-order chi connectivity index (χ1) is 23.2. The van der Waals surface area contributed by atoms with Crippen LogP contribution in [0.15, 0.2) is 58.3 Å². The highest BCUT2D eigenvalue weighted by Crippen LogP contribution is 2.40. The van der Waals surface area contributed by atoms with E-state index in [1.807, 2.05) is 0 Å². The summed E-state index contributed by atoms with van der Waals surface area (Å²) in [5, 5.41) is 41.5. The molecule has 0 radical (unpaired) electrons. The summed E-state index contributed by atoms with van der Waals surface area (Å²) in [4.78, 5) is 97.9. The fourth-order valence-corrected chi connectivity index (χ4v) is 5.91. The molecule has 0 aliphatic carbocycles. The average molecular weight is 697 g/mol. The Morgan fingerprint density at radius 2 is 0.918 bits per heavy atom. The summed E-state index contributed by atoms with van der Waals surface area (Å²) in [6.07, 6.45) is 5.11. The molecule has 2 aromatic carbocycles. The van der Waals surface area contributed by atoms with Crippen LogP contribution in [0.25, 0.3) is 12.2 Å². The fraction of sp³-hybridized carbons (Fsp3) is 0.267. The number of carbonyl (C=O) groups is 6. The van der Waals surface area contributed by atoms with E-state index >= 15 is 0 Å². The van der Waals surface area contributed by atoms with Gasteiger partial charge in [-0.1, -0.05) is 23.9 Å². The van der Waals surface area contributed by atoms with Crippen LogP contribution in [-0.4, -0.2) is 128 Å². The van der Waals surface area contributed by atoms with Gasteiger partial charge in [0.15, 0.2) is 0 Å². The number of hydrogen-bond donors (Lipinski definition) is 2. The predicted molar refractivity (Wildman–Crippen MR) is 170 cm³/mol. The predicted octanol–water partition coefficient (Wildman–Crippen LogP) is 1.19. The van der Waals surface area contributed by atoms with Gasteiger partial charge in [0.1, 0.15) is 0 Å². The normalized spacial score (nSPS) is 15.0. The number of nitrogens with zero attached hydrogens (tertiary/aromatic N) is 6. The van der Waals surface area contributed by atoms with Crippen LogP contribution < -0.4 is 0 Å². The van der Waals surface area contributed by atoms with Crippen molar-refractivity contribution in [3.05, 3.63) is 79.9 Å². The third kappa shape index (κ3) is 9.04. The van der Waals surface area contributed by atoms with Crippen LogP contribution >= 0.6 is 11.8 Å². The summed E-state index contributed by atoms with van der Waals surface area (Å²) in [5.41, 5.74) is -0.124. The molecular weight excluding hydrogens is 668 g/mol. The largest absolute Gasteiger partial charge is 0.474 e. The minimum atomic E-state index is -1.58. The Kier molecular flexibility index (Phi) is 11.4. The lowest BCUT2D eigenvalue weighted by Crippen LogP contribution is -2.51. The van der Waals surface area contributed by atoms with E-state index in [0.29, 0.717) is 11.1 Å². The van der Waals surface area contributed by atoms with Crippen molar-refractivity contribution in [2.24, 2.45) is 0 Å². The summed E-state index contributed by atoms with van der Waals surface area (Å²) in [5.74, 6) is -6.15. The van der Waals surface area contributed by atoms with Crippen LogP contribution in [0.3, 0.4) is 0 Å². The number of piperazine rings is 2. The zero-order chi connectivity index (χ0) is 35.8. The van der Waals surface area contributed by atoms with Crippen molar-refractivity contribution in [1.82, 2.24) is 19.6 Å². The topological polar surface area (TPSA) is 242 Å². The van der Waals surface area contributed by atoms with E-state index in [-0.39, 0.29) is 73.5 Å². The summed E-state index contributed by atoms with van der Waals surface area (Å²) >= 11 is 0.788. The van der Waals surface area contributed by atoms with Gasteiger partial charge in [-0.3, -0.25) is 39.4 Å². The lowest BCUT2D eigenvalue weighted by Gasteiger charge is -2.33. The number of carboxylic acids is 2. The van der Waals surface area contributed by atoms with Gasteiger partial charge in [0.25, 0.3) is 11.4 Å². The van der Waals surface area contributed by atoms with Crippen molar-refractivity contribution in [2.45, 2.75) is 9.79 Å². The molecule has 4 rings (SSSR count). The van der Waals surface area contributed by atoms with Crippen molar-refractivity contribution >= 4 is 70.9 Å². The molecule has 2 N–H and O–H groups in total. The number of carbonyl (C=O) groups excluding carboxylic acids is 4. The molecule has 18 nitrogen and oxygen atoms in total. The molecule has 4 amide bonds. The van der Waals surface area contributed by atoms with E-state index in [2.05, 4.69) is 0 Å². The fourth-order valence-electron chi connectivity index (χ4n) is 4.93. The molecular formula is C30H28N6O12S. The van der Waals surface area contributed by atoms with Gasteiger partial charge in [0.05, 0.1) is 19.6 Å². The number of rotatable bonds is 8. The second-order valence-electron chi connectivity index (χ2n) is 10.6. The number of aliphatic carboxylic acids is 2. The third-order valence-electron chi connectivity index (χ3n) is 7.54. The zero-order valence-electron chi connectivity index (χ0n) is 25.5. The minimum absolute atomic E-state index is 0.0445. The maximum absolute atomic E-state index is 12.6. The third-order valence-corrected chi connectivity index (χ3v) is 8.67. The standard InChI is InChI=1S/C30H28N6O12S/c37-25(31-9-13-33(14-10-31)27(39)29(41)42)7-3-19-1-5-23(21(17-19)35(45)46)49-24-6-2-20(18-22(24)36(47)48)4-8-26(38)32-11-15-34(16-12-32)28(40)30(43)44/h1-8,17-18H,9-16H2,(H,41,42)(H,43,44)/b7-3+,8-4+. The second-order valence-corrected chi connectivity index (χ2v) is 11.7. The highest BCUT2D eigenvalue weighted by Gasteiger charge is 2.28. The highest BCUT2D eigenvalue weighted by atomic mass is 32.2. The average Bonchev–Trinajstić information content (AvgIpc) is 3.09. The van der Waals surface area contributed by atoms with E-state index in [4.69, 9.17) is 10.2 Å². The molecule has 2 aliphatic rings. The lowest BCUT2D eigenvalue weighted by molar-refractivity contribution is -0.388. The molecule has 2 fully saturated rings. The SMILES string of the molecule is O=C(O)C(=O)N1CCN(C(=O)/C=C/c2ccc(Sc3ccc(/C=C/C(=O)N4CCN(C(=O)C(=O)O)CC4)cc3[N+](=O)[O-])c([N+](=O)[O-])c2)CC1.